The van der Waals surface area contributed by atoms with E-state index in [4.69, 9.17) is 15.2 Å². The molecule has 0 unspecified atom stereocenters. The van der Waals surface area contributed by atoms with Gasteiger partial charge in [-0.25, -0.2) is 4.39 Å². The van der Waals surface area contributed by atoms with Gasteiger partial charge in [-0.1, -0.05) is 13.3 Å². The van der Waals surface area contributed by atoms with E-state index >= 15 is 0 Å². The second kappa shape index (κ2) is 9.28. The number of anilines is 2. The predicted octanol–water partition coefficient (Wildman–Crippen LogP) is 2.18. The normalized spacial score (nSPS) is 10.5. The van der Waals surface area contributed by atoms with Crippen molar-refractivity contribution in [1.29, 1.82) is 0 Å². The zero-order chi connectivity index (χ0) is 14.8. The van der Waals surface area contributed by atoms with Crippen LogP contribution in [0, 0.1) is 5.82 Å². The van der Waals surface area contributed by atoms with Gasteiger partial charge in [-0.05, 0) is 24.6 Å². The summed E-state index contributed by atoms with van der Waals surface area (Å²) in [5, 5.41) is 2.57. The molecular formula is C14H21FN2O3. The third kappa shape index (κ3) is 6.49. The molecule has 3 N–H and O–H groups in total. The highest BCUT2D eigenvalue weighted by Gasteiger charge is 2.04. The Morgan fingerprint density at radius 1 is 1.30 bits per heavy atom. The molecule has 0 atom stereocenters. The highest BCUT2D eigenvalue weighted by atomic mass is 19.1. The van der Waals surface area contributed by atoms with E-state index in [2.05, 4.69) is 12.2 Å². The summed E-state index contributed by atoms with van der Waals surface area (Å²) in [5.41, 5.74) is 5.84. The molecule has 0 aliphatic heterocycles. The van der Waals surface area contributed by atoms with Crippen LogP contribution in [0.2, 0.25) is 0 Å². The van der Waals surface area contributed by atoms with E-state index in [9.17, 15) is 9.18 Å². The average Bonchev–Trinajstić information content (AvgIpc) is 2.42. The number of nitrogen functional groups attached to an aromatic ring is 1. The molecule has 1 aromatic rings. The van der Waals surface area contributed by atoms with E-state index in [1.54, 1.807) is 0 Å². The number of rotatable bonds is 9. The number of nitrogens with two attached hydrogens (primary N) is 1. The quantitative estimate of drug-likeness (QED) is 0.538. The van der Waals surface area contributed by atoms with Crippen LogP contribution in [0.5, 0.6) is 0 Å². The molecule has 0 saturated carbocycles. The monoisotopic (exact) mass is 284 g/mol. The minimum Gasteiger partial charge on any atom is -0.396 e. The number of nitrogens with one attached hydrogen (secondary N) is 1. The maximum absolute atomic E-state index is 12.9. The fourth-order valence-electron chi connectivity index (χ4n) is 1.45. The maximum atomic E-state index is 12.9. The second-order valence-corrected chi connectivity index (χ2v) is 4.30. The lowest BCUT2D eigenvalue weighted by atomic mass is 10.2. The van der Waals surface area contributed by atoms with Gasteiger partial charge < -0.3 is 20.5 Å². The van der Waals surface area contributed by atoms with Crippen molar-refractivity contribution in [2.75, 3.05) is 37.5 Å². The van der Waals surface area contributed by atoms with Crippen molar-refractivity contribution in [2.24, 2.45) is 0 Å². The summed E-state index contributed by atoms with van der Waals surface area (Å²) >= 11 is 0. The first-order chi connectivity index (χ1) is 9.63. The number of ether oxygens (including phenoxy) is 2. The summed E-state index contributed by atoms with van der Waals surface area (Å²) in [7, 11) is 0. The second-order valence-electron chi connectivity index (χ2n) is 4.30. The SMILES string of the molecule is CCCCOCCOCC(=O)Nc1ccc(F)c(N)c1. The van der Waals surface area contributed by atoms with Crippen LogP contribution < -0.4 is 11.1 Å². The third-order valence-electron chi connectivity index (χ3n) is 2.53. The zero-order valence-corrected chi connectivity index (χ0v) is 11.7. The largest absolute Gasteiger partial charge is 0.396 e. The molecule has 0 fully saturated rings. The van der Waals surface area contributed by atoms with Crippen molar-refractivity contribution in [3.63, 3.8) is 0 Å². The molecule has 1 amide bonds. The number of amides is 1. The molecule has 0 bridgehead atoms. The molecule has 6 heteroatoms. The molecule has 1 rings (SSSR count). The van der Waals surface area contributed by atoms with Gasteiger partial charge in [0.25, 0.3) is 0 Å². The lowest BCUT2D eigenvalue weighted by Crippen LogP contribution is -2.20. The molecule has 0 aromatic heterocycles. The van der Waals surface area contributed by atoms with Crippen LogP contribution in [0.4, 0.5) is 15.8 Å². The van der Waals surface area contributed by atoms with E-state index in [-0.39, 0.29) is 18.2 Å². The Morgan fingerprint density at radius 2 is 2.05 bits per heavy atom. The number of carbonyl (C=O) groups excluding carboxylic acids is 1. The molecule has 1 aromatic carbocycles. The molecule has 0 radical (unpaired) electrons. The molecule has 112 valence electrons. The summed E-state index contributed by atoms with van der Waals surface area (Å²) < 4.78 is 23.4. The number of benzene rings is 1. The maximum Gasteiger partial charge on any atom is 0.250 e. The lowest BCUT2D eigenvalue weighted by molar-refractivity contribution is -0.121. The Morgan fingerprint density at radius 3 is 2.75 bits per heavy atom. The molecule has 0 heterocycles. The molecule has 0 aliphatic rings. The van der Waals surface area contributed by atoms with Gasteiger partial charge in [-0.2, -0.15) is 0 Å². The van der Waals surface area contributed by atoms with Crippen LogP contribution in [-0.4, -0.2) is 32.3 Å². The smallest absolute Gasteiger partial charge is 0.250 e. The van der Waals surface area contributed by atoms with E-state index in [0.29, 0.717) is 25.5 Å². The minimum absolute atomic E-state index is 0.00644. The van der Waals surface area contributed by atoms with E-state index < -0.39 is 5.82 Å². The highest BCUT2D eigenvalue weighted by Crippen LogP contribution is 2.15. The molecule has 0 spiro atoms. The first-order valence-corrected chi connectivity index (χ1v) is 6.64. The summed E-state index contributed by atoms with van der Waals surface area (Å²) in [4.78, 5) is 11.5. The predicted molar refractivity (Wildman–Crippen MR) is 76.0 cm³/mol. The Bertz CT molecular complexity index is 427. The third-order valence-corrected chi connectivity index (χ3v) is 2.53. The van der Waals surface area contributed by atoms with Crippen molar-refractivity contribution in [3.8, 4) is 0 Å². The first kappa shape index (κ1) is 16.4. The highest BCUT2D eigenvalue weighted by molar-refractivity contribution is 5.92. The van der Waals surface area contributed by atoms with Gasteiger partial charge in [-0.15, -0.1) is 0 Å². The molecule has 0 saturated heterocycles. The van der Waals surface area contributed by atoms with Crippen molar-refractivity contribution >= 4 is 17.3 Å². The van der Waals surface area contributed by atoms with Crippen LogP contribution in [0.1, 0.15) is 19.8 Å². The number of carbonyl (C=O) groups is 1. The van der Waals surface area contributed by atoms with Crippen LogP contribution in [0.25, 0.3) is 0 Å². The Labute approximate surface area is 118 Å². The Balaban J connectivity index is 2.15. The Kier molecular flexibility index (Phi) is 7.60. The van der Waals surface area contributed by atoms with Gasteiger partial charge in [0.2, 0.25) is 5.91 Å². The van der Waals surface area contributed by atoms with Gasteiger partial charge in [0.15, 0.2) is 0 Å². The molecule has 20 heavy (non-hydrogen) atoms. The summed E-state index contributed by atoms with van der Waals surface area (Å²) in [6.07, 6.45) is 2.11. The fraction of sp³-hybridized carbons (Fsp3) is 0.500. The van der Waals surface area contributed by atoms with Crippen LogP contribution in [0.15, 0.2) is 18.2 Å². The minimum atomic E-state index is -0.511. The van der Waals surface area contributed by atoms with E-state index in [1.807, 2.05) is 0 Å². The first-order valence-electron chi connectivity index (χ1n) is 6.64. The van der Waals surface area contributed by atoms with Gasteiger partial charge in [0.1, 0.15) is 12.4 Å². The lowest BCUT2D eigenvalue weighted by Gasteiger charge is -2.07. The van der Waals surface area contributed by atoms with E-state index in [0.717, 1.165) is 12.8 Å². The van der Waals surface area contributed by atoms with Gasteiger partial charge in [0, 0.05) is 12.3 Å². The van der Waals surface area contributed by atoms with Gasteiger partial charge in [0.05, 0.1) is 18.9 Å². The van der Waals surface area contributed by atoms with Gasteiger partial charge in [-0.3, -0.25) is 4.79 Å². The number of unbranched alkanes of at least 4 members (excludes halogenated alkanes) is 1. The van der Waals surface area contributed by atoms with Crippen molar-refractivity contribution in [2.45, 2.75) is 19.8 Å². The number of hydrogen-bond acceptors (Lipinski definition) is 4. The number of hydrogen-bond donors (Lipinski definition) is 2. The molecular weight excluding hydrogens is 263 g/mol. The van der Waals surface area contributed by atoms with Crippen molar-refractivity contribution < 1.29 is 18.7 Å². The van der Waals surface area contributed by atoms with Gasteiger partial charge >= 0.3 is 0 Å². The molecule has 0 aliphatic carbocycles. The summed E-state index contributed by atoms with van der Waals surface area (Å²) in [6, 6.07) is 4.01. The topological polar surface area (TPSA) is 73.6 Å². The summed E-state index contributed by atoms with van der Waals surface area (Å²) in [6.45, 7) is 3.56. The Hall–Kier alpha value is -1.66. The average molecular weight is 284 g/mol. The van der Waals surface area contributed by atoms with Crippen molar-refractivity contribution in [1.82, 2.24) is 0 Å². The van der Waals surface area contributed by atoms with Crippen LogP contribution in [-0.2, 0) is 14.3 Å². The van der Waals surface area contributed by atoms with E-state index in [1.165, 1.54) is 18.2 Å². The zero-order valence-electron chi connectivity index (χ0n) is 11.7. The summed E-state index contributed by atoms with van der Waals surface area (Å²) in [5.74, 6) is -0.826. The number of halogens is 1. The van der Waals surface area contributed by atoms with Crippen LogP contribution in [0.3, 0.4) is 0 Å². The fourth-order valence-corrected chi connectivity index (χ4v) is 1.45. The standard InChI is InChI=1S/C14H21FN2O3/c1-2-3-6-19-7-8-20-10-14(18)17-11-4-5-12(15)13(16)9-11/h4-5,9H,2-3,6-8,10,16H2,1H3,(H,17,18). The molecule has 5 nitrogen and oxygen atoms in total. The van der Waals surface area contributed by atoms with Crippen molar-refractivity contribution in [3.05, 3.63) is 24.0 Å². The van der Waals surface area contributed by atoms with Crippen LogP contribution >= 0.6 is 0 Å².